The van der Waals surface area contributed by atoms with Gasteiger partial charge in [0.2, 0.25) is 0 Å². The quantitative estimate of drug-likeness (QED) is 0.778. The van der Waals surface area contributed by atoms with E-state index in [4.69, 9.17) is 16.3 Å². The lowest BCUT2D eigenvalue weighted by atomic mass is 10.1. The maximum absolute atomic E-state index is 12.5. The summed E-state index contributed by atoms with van der Waals surface area (Å²) in [7, 11) is 0. The van der Waals surface area contributed by atoms with Crippen molar-refractivity contribution in [3.8, 4) is 0 Å². The molecule has 6 heteroatoms. The molecular formula is C17H23ClN2O3. The number of amides is 2. The molecule has 1 fully saturated rings. The number of hydrogen-bond donors (Lipinski definition) is 0. The van der Waals surface area contributed by atoms with Crippen LogP contribution in [0.5, 0.6) is 0 Å². The van der Waals surface area contributed by atoms with E-state index in [-0.39, 0.29) is 12.0 Å². The Kier molecular flexibility index (Phi) is 5.52. The standard InChI is InChI=1S/C17H23ClN2O3/c1-17(2,3)23-16(22)20-9-7-19(8-10-20)15(21)14-6-4-5-13(11-14)12-18/h4-6,11H,7-10,12H2,1-3H3. The summed E-state index contributed by atoms with van der Waals surface area (Å²) >= 11 is 5.81. The van der Waals surface area contributed by atoms with Gasteiger partial charge in [-0.25, -0.2) is 4.79 Å². The maximum atomic E-state index is 12.5. The highest BCUT2D eigenvalue weighted by Crippen LogP contribution is 2.15. The Bertz CT molecular complexity index is 575. The largest absolute Gasteiger partial charge is 0.444 e. The van der Waals surface area contributed by atoms with E-state index in [0.29, 0.717) is 37.6 Å². The Morgan fingerprint density at radius 1 is 1.13 bits per heavy atom. The molecule has 1 heterocycles. The molecule has 0 atom stereocenters. The minimum atomic E-state index is -0.508. The Morgan fingerprint density at radius 3 is 2.30 bits per heavy atom. The highest BCUT2D eigenvalue weighted by molar-refractivity contribution is 6.17. The van der Waals surface area contributed by atoms with Gasteiger partial charge in [-0.3, -0.25) is 4.79 Å². The maximum Gasteiger partial charge on any atom is 0.410 e. The molecule has 0 radical (unpaired) electrons. The molecule has 0 bridgehead atoms. The highest BCUT2D eigenvalue weighted by Gasteiger charge is 2.28. The van der Waals surface area contributed by atoms with Gasteiger partial charge in [0, 0.05) is 37.6 Å². The van der Waals surface area contributed by atoms with E-state index in [1.54, 1.807) is 15.9 Å². The average Bonchev–Trinajstić information content (AvgIpc) is 2.53. The van der Waals surface area contributed by atoms with Crippen molar-refractivity contribution >= 4 is 23.6 Å². The van der Waals surface area contributed by atoms with Crippen molar-refractivity contribution in [2.24, 2.45) is 0 Å². The molecule has 5 nitrogen and oxygen atoms in total. The second-order valence-electron chi connectivity index (χ2n) is 6.59. The molecule has 1 aliphatic heterocycles. The fourth-order valence-electron chi connectivity index (χ4n) is 2.39. The number of ether oxygens (including phenoxy) is 1. The van der Waals surface area contributed by atoms with Gasteiger partial charge in [-0.15, -0.1) is 11.6 Å². The van der Waals surface area contributed by atoms with E-state index in [0.717, 1.165) is 5.56 Å². The molecule has 0 unspecified atom stereocenters. The van der Waals surface area contributed by atoms with Gasteiger partial charge in [0.05, 0.1) is 0 Å². The second kappa shape index (κ2) is 7.21. The van der Waals surface area contributed by atoms with Crippen LogP contribution in [-0.2, 0) is 10.6 Å². The highest BCUT2D eigenvalue weighted by atomic mass is 35.5. The number of piperazine rings is 1. The van der Waals surface area contributed by atoms with E-state index >= 15 is 0 Å². The molecule has 2 amide bonds. The van der Waals surface area contributed by atoms with Gasteiger partial charge in [-0.1, -0.05) is 12.1 Å². The summed E-state index contributed by atoms with van der Waals surface area (Å²) in [4.78, 5) is 28.0. The smallest absolute Gasteiger partial charge is 0.410 e. The Morgan fingerprint density at radius 2 is 1.74 bits per heavy atom. The van der Waals surface area contributed by atoms with Gasteiger partial charge in [-0.05, 0) is 38.5 Å². The summed E-state index contributed by atoms with van der Waals surface area (Å²) in [6.45, 7) is 7.50. The van der Waals surface area contributed by atoms with Crippen LogP contribution in [0.4, 0.5) is 4.79 Å². The topological polar surface area (TPSA) is 49.9 Å². The zero-order chi connectivity index (χ0) is 17.0. The lowest BCUT2D eigenvalue weighted by molar-refractivity contribution is 0.0141. The summed E-state index contributed by atoms with van der Waals surface area (Å²) in [6.07, 6.45) is -0.325. The Labute approximate surface area is 142 Å². The number of carbonyl (C=O) groups is 2. The van der Waals surface area contributed by atoms with Crippen LogP contribution in [0.25, 0.3) is 0 Å². The summed E-state index contributed by atoms with van der Waals surface area (Å²) < 4.78 is 5.36. The van der Waals surface area contributed by atoms with Crippen LogP contribution in [0.2, 0.25) is 0 Å². The average molecular weight is 339 g/mol. The first-order valence-electron chi connectivity index (χ1n) is 7.72. The summed E-state index contributed by atoms with van der Waals surface area (Å²) in [5.41, 5.74) is 1.05. The SMILES string of the molecule is CC(C)(C)OC(=O)N1CCN(C(=O)c2cccc(CCl)c2)CC1. The summed E-state index contributed by atoms with van der Waals surface area (Å²) in [5.74, 6) is 0.355. The molecule has 1 saturated heterocycles. The third-order valence-corrected chi connectivity index (χ3v) is 3.86. The predicted molar refractivity (Wildman–Crippen MR) is 89.7 cm³/mol. The number of benzene rings is 1. The van der Waals surface area contributed by atoms with E-state index in [2.05, 4.69) is 0 Å². The third-order valence-electron chi connectivity index (χ3n) is 3.55. The Hall–Kier alpha value is -1.75. The molecule has 0 aromatic heterocycles. The summed E-state index contributed by atoms with van der Waals surface area (Å²) in [5, 5.41) is 0. The van der Waals surface area contributed by atoms with Gasteiger partial charge < -0.3 is 14.5 Å². The van der Waals surface area contributed by atoms with Crippen molar-refractivity contribution in [2.45, 2.75) is 32.3 Å². The molecule has 1 aromatic carbocycles. The first-order chi connectivity index (χ1) is 10.8. The van der Waals surface area contributed by atoms with Gasteiger partial charge in [-0.2, -0.15) is 0 Å². The van der Waals surface area contributed by atoms with Gasteiger partial charge >= 0.3 is 6.09 Å². The molecule has 0 aliphatic carbocycles. The molecule has 0 saturated carbocycles. The lowest BCUT2D eigenvalue weighted by Gasteiger charge is -2.35. The molecule has 0 N–H and O–H groups in total. The number of rotatable bonds is 2. The van der Waals surface area contributed by atoms with Gasteiger partial charge in [0.15, 0.2) is 0 Å². The van der Waals surface area contributed by atoms with Crippen LogP contribution in [0, 0.1) is 0 Å². The first kappa shape index (κ1) is 17.6. The molecule has 1 aromatic rings. The van der Waals surface area contributed by atoms with E-state index < -0.39 is 5.60 Å². The van der Waals surface area contributed by atoms with Crippen molar-refractivity contribution in [1.82, 2.24) is 9.80 Å². The van der Waals surface area contributed by atoms with Crippen molar-refractivity contribution in [1.29, 1.82) is 0 Å². The zero-order valence-corrected chi connectivity index (χ0v) is 14.6. The van der Waals surface area contributed by atoms with Crippen LogP contribution in [0.3, 0.4) is 0 Å². The van der Waals surface area contributed by atoms with E-state index in [9.17, 15) is 9.59 Å². The molecule has 126 valence electrons. The number of nitrogens with zero attached hydrogens (tertiary/aromatic N) is 2. The van der Waals surface area contributed by atoms with E-state index in [1.807, 2.05) is 39.0 Å². The first-order valence-corrected chi connectivity index (χ1v) is 8.26. The number of hydrogen-bond acceptors (Lipinski definition) is 3. The Balaban J connectivity index is 1.93. The van der Waals surface area contributed by atoms with Crippen molar-refractivity contribution in [3.05, 3.63) is 35.4 Å². The second-order valence-corrected chi connectivity index (χ2v) is 6.86. The summed E-state index contributed by atoms with van der Waals surface area (Å²) in [6, 6.07) is 7.33. The molecule has 1 aliphatic rings. The minimum absolute atomic E-state index is 0.0270. The minimum Gasteiger partial charge on any atom is -0.444 e. The number of halogens is 1. The predicted octanol–water partition coefficient (Wildman–Crippen LogP) is 3.12. The molecule has 23 heavy (non-hydrogen) atoms. The number of alkyl halides is 1. The normalized spacial score (nSPS) is 15.5. The number of carbonyl (C=O) groups excluding carboxylic acids is 2. The molecule has 2 rings (SSSR count). The van der Waals surface area contributed by atoms with Crippen LogP contribution < -0.4 is 0 Å². The lowest BCUT2D eigenvalue weighted by Crippen LogP contribution is -2.51. The van der Waals surface area contributed by atoms with Gasteiger partial charge in [0.25, 0.3) is 5.91 Å². The third kappa shape index (κ3) is 4.86. The fraction of sp³-hybridized carbons (Fsp3) is 0.529. The van der Waals surface area contributed by atoms with Crippen LogP contribution >= 0.6 is 11.6 Å². The fourth-order valence-corrected chi connectivity index (χ4v) is 2.55. The van der Waals surface area contributed by atoms with E-state index in [1.165, 1.54) is 0 Å². The van der Waals surface area contributed by atoms with Crippen LogP contribution in [-0.4, -0.2) is 53.6 Å². The van der Waals surface area contributed by atoms with Crippen LogP contribution in [0.1, 0.15) is 36.7 Å². The zero-order valence-electron chi connectivity index (χ0n) is 13.8. The van der Waals surface area contributed by atoms with Crippen molar-refractivity contribution in [2.75, 3.05) is 26.2 Å². The monoisotopic (exact) mass is 338 g/mol. The van der Waals surface area contributed by atoms with Crippen molar-refractivity contribution < 1.29 is 14.3 Å². The van der Waals surface area contributed by atoms with Gasteiger partial charge in [0.1, 0.15) is 5.60 Å². The van der Waals surface area contributed by atoms with Crippen molar-refractivity contribution in [3.63, 3.8) is 0 Å². The molecular weight excluding hydrogens is 316 g/mol. The van der Waals surface area contributed by atoms with Crippen LogP contribution in [0.15, 0.2) is 24.3 Å². The molecule has 0 spiro atoms.